The lowest BCUT2D eigenvalue weighted by molar-refractivity contribution is -0.145. The van der Waals surface area contributed by atoms with E-state index in [9.17, 15) is 9.59 Å². The molecule has 158 valence electrons. The molecule has 0 radical (unpaired) electrons. The van der Waals surface area contributed by atoms with Crippen molar-refractivity contribution in [2.45, 2.75) is 103 Å². The molecule has 0 aliphatic heterocycles. The van der Waals surface area contributed by atoms with E-state index in [-0.39, 0.29) is 5.97 Å². The molecular formula is C24H38O4. The van der Waals surface area contributed by atoms with E-state index in [1.165, 1.54) is 57.8 Å². The fraction of sp³-hybridized carbons (Fsp3) is 0.667. The maximum Gasteiger partial charge on any atom is 0.306 e. The minimum absolute atomic E-state index is 0.0909. The lowest BCUT2D eigenvalue weighted by atomic mass is 10.0. The molecule has 0 spiro atoms. The van der Waals surface area contributed by atoms with Crippen molar-refractivity contribution in [1.29, 1.82) is 0 Å². The summed E-state index contributed by atoms with van der Waals surface area (Å²) in [6, 6.07) is 9.80. The number of benzene rings is 1. The van der Waals surface area contributed by atoms with E-state index in [1.54, 1.807) is 0 Å². The molecule has 0 fully saturated rings. The molecule has 4 nitrogen and oxygen atoms in total. The third-order valence-corrected chi connectivity index (χ3v) is 5.01. The quantitative estimate of drug-likeness (QED) is 0.225. The van der Waals surface area contributed by atoms with Crippen LogP contribution in [-0.4, -0.2) is 17.0 Å². The summed E-state index contributed by atoms with van der Waals surface area (Å²) in [6.45, 7) is 0.377. The van der Waals surface area contributed by atoms with Crippen LogP contribution in [0, 0.1) is 0 Å². The molecule has 0 atom stereocenters. The molecule has 0 aromatic heterocycles. The van der Waals surface area contributed by atoms with Crippen molar-refractivity contribution in [3.05, 3.63) is 35.9 Å². The number of ether oxygens (including phenoxy) is 1. The number of carbonyl (C=O) groups excluding carboxylic acids is 1. The molecule has 0 saturated heterocycles. The number of hydrogen-bond acceptors (Lipinski definition) is 3. The molecule has 0 heterocycles. The van der Waals surface area contributed by atoms with Gasteiger partial charge < -0.3 is 9.84 Å². The predicted octanol–water partition coefficient (Wildman–Crippen LogP) is 6.67. The molecule has 1 rings (SSSR count). The van der Waals surface area contributed by atoms with Crippen LogP contribution in [0.25, 0.3) is 0 Å². The smallest absolute Gasteiger partial charge is 0.306 e. The second-order valence-electron chi connectivity index (χ2n) is 7.64. The van der Waals surface area contributed by atoms with Gasteiger partial charge >= 0.3 is 11.9 Å². The van der Waals surface area contributed by atoms with Gasteiger partial charge in [0.1, 0.15) is 6.61 Å². The van der Waals surface area contributed by atoms with Gasteiger partial charge in [0, 0.05) is 12.8 Å². The van der Waals surface area contributed by atoms with Crippen molar-refractivity contribution in [2.75, 3.05) is 0 Å². The fourth-order valence-corrected chi connectivity index (χ4v) is 3.30. The van der Waals surface area contributed by atoms with Crippen molar-refractivity contribution in [2.24, 2.45) is 0 Å². The maximum atomic E-state index is 11.7. The van der Waals surface area contributed by atoms with Crippen LogP contribution >= 0.6 is 0 Å². The number of carboxylic acids is 1. The number of aliphatic carboxylic acids is 1. The van der Waals surface area contributed by atoms with Gasteiger partial charge in [0.2, 0.25) is 0 Å². The van der Waals surface area contributed by atoms with Crippen molar-refractivity contribution in [1.82, 2.24) is 0 Å². The average molecular weight is 391 g/mol. The first kappa shape index (κ1) is 24.2. The zero-order valence-electron chi connectivity index (χ0n) is 17.4. The van der Waals surface area contributed by atoms with E-state index in [4.69, 9.17) is 9.84 Å². The number of rotatable bonds is 18. The van der Waals surface area contributed by atoms with Gasteiger partial charge in [-0.2, -0.15) is 0 Å². The van der Waals surface area contributed by atoms with Gasteiger partial charge in [0.15, 0.2) is 0 Å². The standard InChI is InChI=1S/C24H38O4/c25-23(26)19-15-10-8-6-4-2-1-3-5-7-9-11-16-20-24(27)28-21-22-17-13-12-14-18-22/h12-14,17-18H,1-11,15-16,19-21H2,(H,25,26). The summed E-state index contributed by atoms with van der Waals surface area (Å²) in [5.41, 5.74) is 1.04. The molecule has 0 bridgehead atoms. The zero-order valence-corrected chi connectivity index (χ0v) is 17.4. The molecule has 28 heavy (non-hydrogen) atoms. The molecule has 1 aromatic rings. The molecule has 0 aliphatic rings. The molecule has 0 saturated carbocycles. The predicted molar refractivity (Wildman–Crippen MR) is 113 cm³/mol. The van der Waals surface area contributed by atoms with Gasteiger partial charge in [-0.15, -0.1) is 0 Å². The monoisotopic (exact) mass is 390 g/mol. The van der Waals surface area contributed by atoms with Crippen molar-refractivity contribution in [3.8, 4) is 0 Å². The molecule has 0 aliphatic carbocycles. The van der Waals surface area contributed by atoms with Crippen LogP contribution in [0.2, 0.25) is 0 Å². The Hall–Kier alpha value is -1.84. The Bertz CT molecular complexity index is 513. The Morgan fingerprint density at radius 1 is 0.643 bits per heavy atom. The fourth-order valence-electron chi connectivity index (χ4n) is 3.30. The van der Waals surface area contributed by atoms with Gasteiger partial charge in [-0.1, -0.05) is 101 Å². The molecule has 0 amide bonds. The van der Waals surface area contributed by atoms with Crippen molar-refractivity contribution in [3.63, 3.8) is 0 Å². The van der Waals surface area contributed by atoms with E-state index in [0.29, 0.717) is 19.4 Å². The number of carboxylic acid groups (broad SMARTS) is 1. The highest BCUT2D eigenvalue weighted by Gasteiger charge is 2.03. The van der Waals surface area contributed by atoms with Crippen LogP contribution in [0.15, 0.2) is 30.3 Å². The SMILES string of the molecule is O=C(O)CCCCCCCCCCCCCCCC(=O)OCc1ccccc1. The summed E-state index contributed by atoms with van der Waals surface area (Å²) in [4.78, 5) is 22.1. The Labute approximate surface area is 170 Å². The summed E-state index contributed by atoms with van der Waals surface area (Å²) >= 11 is 0. The third kappa shape index (κ3) is 15.2. The Kier molecular flexibility index (Phi) is 14.9. The first-order valence-corrected chi connectivity index (χ1v) is 11.1. The highest BCUT2D eigenvalue weighted by atomic mass is 16.5. The third-order valence-electron chi connectivity index (χ3n) is 5.01. The van der Waals surface area contributed by atoms with Crippen molar-refractivity contribution < 1.29 is 19.4 Å². The highest BCUT2D eigenvalue weighted by Crippen LogP contribution is 2.13. The van der Waals surface area contributed by atoms with Crippen LogP contribution < -0.4 is 0 Å². The summed E-state index contributed by atoms with van der Waals surface area (Å²) in [5.74, 6) is -0.769. The first-order valence-electron chi connectivity index (χ1n) is 11.1. The van der Waals surface area contributed by atoms with E-state index in [0.717, 1.165) is 31.2 Å². The second kappa shape index (κ2) is 17.3. The van der Waals surface area contributed by atoms with Gasteiger partial charge in [-0.25, -0.2) is 0 Å². The second-order valence-corrected chi connectivity index (χ2v) is 7.64. The first-order chi connectivity index (χ1) is 13.7. The minimum Gasteiger partial charge on any atom is -0.481 e. The lowest BCUT2D eigenvalue weighted by Gasteiger charge is -2.05. The Morgan fingerprint density at radius 3 is 1.54 bits per heavy atom. The molecule has 1 N–H and O–H groups in total. The highest BCUT2D eigenvalue weighted by molar-refractivity contribution is 5.69. The van der Waals surface area contributed by atoms with Gasteiger partial charge in [0.25, 0.3) is 0 Å². The van der Waals surface area contributed by atoms with E-state index in [2.05, 4.69) is 0 Å². The molecule has 1 aromatic carbocycles. The van der Waals surface area contributed by atoms with Crippen LogP contribution in [0.1, 0.15) is 102 Å². The summed E-state index contributed by atoms with van der Waals surface area (Å²) in [6.07, 6.45) is 16.1. The molecule has 0 unspecified atom stereocenters. The summed E-state index contributed by atoms with van der Waals surface area (Å²) in [5, 5.41) is 8.57. The Balaban J connectivity index is 1.77. The van der Waals surface area contributed by atoms with E-state index in [1.807, 2.05) is 30.3 Å². The summed E-state index contributed by atoms with van der Waals surface area (Å²) in [7, 11) is 0. The van der Waals surface area contributed by atoms with E-state index < -0.39 is 5.97 Å². The lowest BCUT2D eigenvalue weighted by Crippen LogP contribution is -2.04. The Morgan fingerprint density at radius 2 is 1.07 bits per heavy atom. The number of esters is 1. The maximum absolute atomic E-state index is 11.7. The van der Waals surface area contributed by atoms with Crippen molar-refractivity contribution >= 4 is 11.9 Å². The largest absolute Gasteiger partial charge is 0.481 e. The molecular weight excluding hydrogens is 352 g/mol. The molecule has 4 heteroatoms. The normalized spacial score (nSPS) is 10.7. The zero-order chi connectivity index (χ0) is 20.3. The topological polar surface area (TPSA) is 63.6 Å². The van der Waals surface area contributed by atoms with Crippen LogP contribution in [0.4, 0.5) is 0 Å². The van der Waals surface area contributed by atoms with Gasteiger partial charge in [-0.3, -0.25) is 9.59 Å². The number of hydrogen-bond donors (Lipinski definition) is 1. The minimum atomic E-state index is -0.678. The number of unbranched alkanes of at least 4 members (excludes halogenated alkanes) is 12. The number of carbonyl (C=O) groups is 2. The van der Waals surface area contributed by atoms with Crippen LogP contribution in [-0.2, 0) is 20.9 Å². The van der Waals surface area contributed by atoms with Gasteiger partial charge in [-0.05, 0) is 18.4 Å². The van der Waals surface area contributed by atoms with E-state index >= 15 is 0 Å². The average Bonchev–Trinajstić information content (AvgIpc) is 2.70. The van der Waals surface area contributed by atoms with Gasteiger partial charge in [0.05, 0.1) is 0 Å². The summed E-state index contributed by atoms with van der Waals surface area (Å²) < 4.78 is 5.29. The van der Waals surface area contributed by atoms with Crippen LogP contribution in [0.5, 0.6) is 0 Å². The van der Waals surface area contributed by atoms with Crippen LogP contribution in [0.3, 0.4) is 0 Å².